The van der Waals surface area contributed by atoms with Crippen molar-refractivity contribution in [2.45, 2.75) is 44.6 Å². The van der Waals surface area contributed by atoms with Crippen LogP contribution in [0.2, 0.25) is 0 Å². The zero-order valence-electron chi connectivity index (χ0n) is 10.4. The van der Waals surface area contributed by atoms with E-state index < -0.39 is 0 Å². The average molecular weight is 253 g/mol. The number of hydrogen-bond acceptors (Lipinski definition) is 4. The Balaban J connectivity index is 1.63. The second-order valence-corrected chi connectivity index (χ2v) is 5.71. The molecule has 1 saturated carbocycles. The SMILES string of the molecule is NC1CCCCCC1CNCCc1cscn1. The quantitative estimate of drug-likeness (QED) is 0.625. The van der Waals surface area contributed by atoms with E-state index >= 15 is 0 Å². The minimum Gasteiger partial charge on any atom is -0.327 e. The van der Waals surface area contributed by atoms with Gasteiger partial charge in [-0.2, -0.15) is 0 Å². The van der Waals surface area contributed by atoms with E-state index in [9.17, 15) is 0 Å². The van der Waals surface area contributed by atoms with Crippen molar-refractivity contribution < 1.29 is 0 Å². The molecule has 0 radical (unpaired) electrons. The number of thiazole rings is 1. The smallest absolute Gasteiger partial charge is 0.0794 e. The summed E-state index contributed by atoms with van der Waals surface area (Å²) < 4.78 is 0. The summed E-state index contributed by atoms with van der Waals surface area (Å²) in [6.07, 6.45) is 7.57. The van der Waals surface area contributed by atoms with Crippen LogP contribution in [0.5, 0.6) is 0 Å². The standard InChI is InChI=1S/C13H23N3S/c14-13-5-3-1-2-4-11(13)8-15-7-6-12-9-17-10-16-12/h9-11,13,15H,1-8,14H2. The predicted molar refractivity (Wildman–Crippen MR) is 73.2 cm³/mol. The molecular weight excluding hydrogens is 230 g/mol. The lowest BCUT2D eigenvalue weighted by molar-refractivity contribution is 0.376. The lowest BCUT2D eigenvalue weighted by atomic mass is 9.95. The van der Waals surface area contributed by atoms with Crippen molar-refractivity contribution in [2.24, 2.45) is 11.7 Å². The molecule has 17 heavy (non-hydrogen) atoms. The highest BCUT2D eigenvalue weighted by Crippen LogP contribution is 2.21. The molecule has 96 valence electrons. The predicted octanol–water partition coefficient (Wildman–Crippen LogP) is 2.18. The van der Waals surface area contributed by atoms with Gasteiger partial charge < -0.3 is 11.1 Å². The fraction of sp³-hybridized carbons (Fsp3) is 0.769. The van der Waals surface area contributed by atoms with Gasteiger partial charge in [-0.1, -0.05) is 19.3 Å². The van der Waals surface area contributed by atoms with Gasteiger partial charge in [0.1, 0.15) is 0 Å². The fourth-order valence-electron chi connectivity index (χ4n) is 2.53. The third kappa shape index (κ3) is 4.37. The normalized spacial score (nSPS) is 25.7. The van der Waals surface area contributed by atoms with Gasteiger partial charge in [-0.15, -0.1) is 11.3 Å². The number of hydrogen-bond donors (Lipinski definition) is 2. The highest BCUT2D eigenvalue weighted by molar-refractivity contribution is 7.07. The van der Waals surface area contributed by atoms with Gasteiger partial charge in [-0.3, -0.25) is 0 Å². The summed E-state index contributed by atoms with van der Waals surface area (Å²) in [7, 11) is 0. The average Bonchev–Trinajstić information content (AvgIpc) is 2.76. The molecule has 2 rings (SSSR count). The van der Waals surface area contributed by atoms with Gasteiger partial charge in [0, 0.05) is 24.4 Å². The van der Waals surface area contributed by atoms with Gasteiger partial charge in [-0.05, 0) is 25.3 Å². The third-order valence-electron chi connectivity index (χ3n) is 3.67. The molecule has 3 nitrogen and oxygen atoms in total. The van der Waals surface area contributed by atoms with Crippen molar-refractivity contribution in [2.75, 3.05) is 13.1 Å². The van der Waals surface area contributed by atoms with Crippen LogP contribution in [0.25, 0.3) is 0 Å². The number of nitrogens with zero attached hydrogens (tertiary/aromatic N) is 1. The molecule has 0 saturated heterocycles. The van der Waals surface area contributed by atoms with E-state index in [1.807, 2.05) is 5.51 Å². The number of nitrogens with two attached hydrogens (primary N) is 1. The molecule has 1 aliphatic carbocycles. The van der Waals surface area contributed by atoms with Crippen molar-refractivity contribution in [3.63, 3.8) is 0 Å². The van der Waals surface area contributed by atoms with Gasteiger partial charge >= 0.3 is 0 Å². The van der Waals surface area contributed by atoms with Crippen molar-refractivity contribution in [1.29, 1.82) is 0 Å². The van der Waals surface area contributed by atoms with Crippen LogP contribution < -0.4 is 11.1 Å². The second-order valence-electron chi connectivity index (χ2n) is 5.00. The monoisotopic (exact) mass is 253 g/mol. The summed E-state index contributed by atoms with van der Waals surface area (Å²) in [5, 5.41) is 5.66. The van der Waals surface area contributed by atoms with Crippen LogP contribution in [0, 0.1) is 5.92 Å². The minimum atomic E-state index is 0.407. The Morgan fingerprint density at radius 1 is 1.35 bits per heavy atom. The Hall–Kier alpha value is -0.450. The molecule has 3 N–H and O–H groups in total. The number of rotatable bonds is 5. The van der Waals surface area contributed by atoms with Gasteiger partial charge in [0.25, 0.3) is 0 Å². The fourth-order valence-corrected chi connectivity index (χ4v) is 3.12. The van der Waals surface area contributed by atoms with E-state index in [-0.39, 0.29) is 0 Å². The number of nitrogens with one attached hydrogen (secondary N) is 1. The lowest BCUT2D eigenvalue weighted by Crippen LogP contribution is -2.37. The van der Waals surface area contributed by atoms with E-state index in [2.05, 4.69) is 15.7 Å². The van der Waals surface area contributed by atoms with Gasteiger partial charge in [0.05, 0.1) is 11.2 Å². The summed E-state index contributed by atoms with van der Waals surface area (Å²) in [5.74, 6) is 0.674. The highest BCUT2D eigenvalue weighted by Gasteiger charge is 2.19. The van der Waals surface area contributed by atoms with Crippen LogP contribution in [-0.4, -0.2) is 24.1 Å². The minimum absolute atomic E-state index is 0.407. The summed E-state index contributed by atoms with van der Waals surface area (Å²) >= 11 is 1.67. The first kappa shape index (κ1) is 13.0. The first-order valence-electron chi connectivity index (χ1n) is 6.69. The van der Waals surface area contributed by atoms with Crippen molar-refractivity contribution in [3.05, 3.63) is 16.6 Å². The summed E-state index contributed by atoms with van der Waals surface area (Å²) in [6, 6.07) is 0.407. The zero-order chi connectivity index (χ0) is 11.9. The molecule has 0 aliphatic heterocycles. The molecule has 0 spiro atoms. The van der Waals surface area contributed by atoms with E-state index in [1.165, 1.54) is 37.8 Å². The lowest BCUT2D eigenvalue weighted by Gasteiger charge is -2.21. The Kier molecular flexibility index (Phi) is 5.42. The Morgan fingerprint density at radius 2 is 2.24 bits per heavy atom. The van der Waals surface area contributed by atoms with Crippen molar-refractivity contribution >= 4 is 11.3 Å². The molecule has 2 atom stereocenters. The summed E-state index contributed by atoms with van der Waals surface area (Å²) in [5.41, 5.74) is 9.31. The first-order chi connectivity index (χ1) is 8.36. The maximum atomic E-state index is 6.21. The Morgan fingerprint density at radius 3 is 3.06 bits per heavy atom. The molecule has 0 amide bonds. The molecule has 0 aromatic carbocycles. The third-order valence-corrected chi connectivity index (χ3v) is 4.30. The molecule has 1 aromatic heterocycles. The zero-order valence-corrected chi connectivity index (χ0v) is 11.2. The van der Waals surface area contributed by atoms with E-state index in [0.29, 0.717) is 12.0 Å². The van der Waals surface area contributed by atoms with E-state index in [4.69, 9.17) is 5.73 Å². The van der Waals surface area contributed by atoms with Gasteiger partial charge in [0.15, 0.2) is 0 Å². The van der Waals surface area contributed by atoms with Crippen molar-refractivity contribution in [1.82, 2.24) is 10.3 Å². The van der Waals surface area contributed by atoms with Crippen LogP contribution in [0.15, 0.2) is 10.9 Å². The van der Waals surface area contributed by atoms with Crippen LogP contribution in [0.1, 0.15) is 37.8 Å². The molecule has 2 unspecified atom stereocenters. The molecule has 1 fully saturated rings. The van der Waals surface area contributed by atoms with Crippen LogP contribution in [-0.2, 0) is 6.42 Å². The van der Waals surface area contributed by atoms with E-state index in [0.717, 1.165) is 19.5 Å². The largest absolute Gasteiger partial charge is 0.327 e. The van der Waals surface area contributed by atoms with Crippen LogP contribution >= 0.6 is 11.3 Å². The molecule has 0 bridgehead atoms. The maximum absolute atomic E-state index is 6.21. The van der Waals surface area contributed by atoms with Gasteiger partial charge in [-0.25, -0.2) is 4.98 Å². The van der Waals surface area contributed by atoms with Crippen LogP contribution in [0.3, 0.4) is 0 Å². The molecular formula is C13H23N3S. The van der Waals surface area contributed by atoms with Crippen molar-refractivity contribution in [3.8, 4) is 0 Å². The Bertz CT molecular complexity index is 300. The summed E-state index contributed by atoms with van der Waals surface area (Å²) in [6.45, 7) is 2.10. The Labute approximate surface area is 108 Å². The highest BCUT2D eigenvalue weighted by atomic mass is 32.1. The topological polar surface area (TPSA) is 50.9 Å². The molecule has 1 aliphatic rings. The van der Waals surface area contributed by atoms with Gasteiger partial charge in [0.2, 0.25) is 0 Å². The molecule has 1 aromatic rings. The molecule has 1 heterocycles. The molecule has 4 heteroatoms. The van der Waals surface area contributed by atoms with Crippen LogP contribution in [0.4, 0.5) is 0 Å². The summed E-state index contributed by atoms with van der Waals surface area (Å²) in [4.78, 5) is 4.28. The first-order valence-corrected chi connectivity index (χ1v) is 7.64. The second kappa shape index (κ2) is 7.09. The maximum Gasteiger partial charge on any atom is 0.0794 e. The number of aromatic nitrogens is 1. The van der Waals surface area contributed by atoms with E-state index in [1.54, 1.807) is 11.3 Å².